The van der Waals surface area contributed by atoms with E-state index in [0.29, 0.717) is 6.04 Å². The highest BCUT2D eigenvalue weighted by Crippen LogP contribution is 2.13. The van der Waals surface area contributed by atoms with Crippen LogP contribution in [0.3, 0.4) is 0 Å². The Morgan fingerprint density at radius 1 is 1.06 bits per heavy atom. The van der Waals surface area contributed by atoms with Gasteiger partial charge in [0.1, 0.15) is 0 Å². The second-order valence-corrected chi connectivity index (χ2v) is 5.11. The van der Waals surface area contributed by atoms with E-state index < -0.39 is 0 Å². The standard InChI is InChI=1S/C15H20ClN/c16-14-9-6-13(7-10-14)8-11-15-5-3-1-2-4-12-17-15/h6-11,15,17H,1-5,12H2/b11-8+. The van der Waals surface area contributed by atoms with Gasteiger partial charge in [0.25, 0.3) is 0 Å². The van der Waals surface area contributed by atoms with Crippen LogP contribution in [0.2, 0.25) is 5.02 Å². The van der Waals surface area contributed by atoms with Crippen LogP contribution in [0.25, 0.3) is 6.08 Å². The first-order valence-electron chi connectivity index (χ1n) is 6.52. The van der Waals surface area contributed by atoms with E-state index in [9.17, 15) is 0 Å². The topological polar surface area (TPSA) is 12.0 Å². The number of rotatable bonds is 2. The van der Waals surface area contributed by atoms with Gasteiger partial charge in [-0.25, -0.2) is 0 Å². The summed E-state index contributed by atoms with van der Waals surface area (Å²) < 4.78 is 0. The van der Waals surface area contributed by atoms with Crippen molar-refractivity contribution in [2.45, 2.75) is 38.1 Å². The van der Waals surface area contributed by atoms with Gasteiger partial charge in [-0.15, -0.1) is 0 Å². The third-order valence-corrected chi connectivity index (χ3v) is 3.49. The quantitative estimate of drug-likeness (QED) is 0.825. The lowest BCUT2D eigenvalue weighted by molar-refractivity contribution is 0.465. The van der Waals surface area contributed by atoms with E-state index in [4.69, 9.17) is 11.6 Å². The summed E-state index contributed by atoms with van der Waals surface area (Å²) in [6.07, 6.45) is 11.1. The molecule has 1 nitrogen and oxygen atoms in total. The van der Waals surface area contributed by atoms with Crippen LogP contribution in [-0.4, -0.2) is 12.6 Å². The third kappa shape index (κ3) is 4.53. The van der Waals surface area contributed by atoms with E-state index in [0.717, 1.165) is 11.6 Å². The molecule has 0 aliphatic carbocycles. The summed E-state index contributed by atoms with van der Waals surface area (Å²) in [4.78, 5) is 0. The van der Waals surface area contributed by atoms with Crippen LogP contribution in [-0.2, 0) is 0 Å². The first-order chi connectivity index (χ1) is 8.34. The van der Waals surface area contributed by atoms with Crippen LogP contribution >= 0.6 is 11.6 Å². The first kappa shape index (κ1) is 12.7. The molecule has 1 unspecified atom stereocenters. The molecule has 0 radical (unpaired) electrons. The Morgan fingerprint density at radius 2 is 1.82 bits per heavy atom. The zero-order valence-corrected chi connectivity index (χ0v) is 10.9. The van der Waals surface area contributed by atoms with E-state index in [1.54, 1.807) is 0 Å². The summed E-state index contributed by atoms with van der Waals surface area (Å²) in [6, 6.07) is 8.52. The van der Waals surface area contributed by atoms with Gasteiger partial charge >= 0.3 is 0 Å². The molecule has 2 rings (SSSR count). The molecule has 1 saturated heterocycles. The smallest absolute Gasteiger partial charge is 0.0406 e. The average Bonchev–Trinajstić information content (AvgIpc) is 2.30. The van der Waals surface area contributed by atoms with E-state index in [-0.39, 0.29) is 0 Å². The number of nitrogens with one attached hydrogen (secondary N) is 1. The molecule has 17 heavy (non-hydrogen) atoms. The fraction of sp³-hybridized carbons (Fsp3) is 0.467. The van der Waals surface area contributed by atoms with Crippen LogP contribution in [0, 0.1) is 0 Å². The molecule has 1 heterocycles. The third-order valence-electron chi connectivity index (χ3n) is 3.24. The monoisotopic (exact) mass is 249 g/mol. The predicted molar refractivity (Wildman–Crippen MR) is 75.4 cm³/mol. The van der Waals surface area contributed by atoms with Gasteiger partial charge in [-0.2, -0.15) is 0 Å². The highest BCUT2D eigenvalue weighted by molar-refractivity contribution is 6.30. The average molecular weight is 250 g/mol. The second kappa shape index (κ2) is 6.83. The Balaban J connectivity index is 1.91. The van der Waals surface area contributed by atoms with Gasteiger partial charge in [-0.3, -0.25) is 0 Å². The van der Waals surface area contributed by atoms with E-state index >= 15 is 0 Å². The molecule has 0 amide bonds. The molecule has 0 spiro atoms. The molecular formula is C15H20ClN. The van der Waals surface area contributed by atoms with Crippen molar-refractivity contribution < 1.29 is 0 Å². The Bertz CT molecular complexity index is 348. The minimum Gasteiger partial charge on any atom is -0.311 e. The van der Waals surface area contributed by atoms with Gasteiger partial charge in [0.05, 0.1) is 0 Å². The first-order valence-corrected chi connectivity index (χ1v) is 6.89. The zero-order chi connectivity index (χ0) is 11.9. The van der Waals surface area contributed by atoms with Crippen molar-refractivity contribution in [1.82, 2.24) is 5.32 Å². The van der Waals surface area contributed by atoms with E-state index in [2.05, 4.69) is 29.6 Å². The predicted octanol–water partition coefficient (Wildman–Crippen LogP) is 4.28. The van der Waals surface area contributed by atoms with Gasteiger partial charge in [-0.05, 0) is 37.1 Å². The van der Waals surface area contributed by atoms with Crippen molar-refractivity contribution in [3.8, 4) is 0 Å². The summed E-state index contributed by atoms with van der Waals surface area (Å²) in [5, 5.41) is 4.39. The minimum atomic E-state index is 0.533. The van der Waals surface area contributed by atoms with Crippen LogP contribution in [0.4, 0.5) is 0 Å². The van der Waals surface area contributed by atoms with Crippen LogP contribution < -0.4 is 5.32 Å². The lowest BCUT2D eigenvalue weighted by Gasteiger charge is -2.18. The summed E-state index contributed by atoms with van der Waals surface area (Å²) in [5.41, 5.74) is 1.22. The van der Waals surface area contributed by atoms with E-state index in [1.165, 1.54) is 37.7 Å². The molecule has 1 aromatic rings. The van der Waals surface area contributed by atoms with Crippen molar-refractivity contribution in [3.63, 3.8) is 0 Å². The van der Waals surface area contributed by atoms with Crippen molar-refractivity contribution in [2.24, 2.45) is 0 Å². The molecule has 1 aliphatic heterocycles. The fourth-order valence-electron chi connectivity index (χ4n) is 2.20. The number of hydrogen-bond donors (Lipinski definition) is 1. The molecule has 1 aliphatic rings. The van der Waals surface area contributed by atoms with Crippen LogP contribution in [0.15, 0.2) is 30.3 Å². The number of halogens is 1. The normalized spacial score (nSPS) is 22.3. The Kier molecular flexibility index (Phi) is 5.08. The molecule has 0 aromatic heterocycles. The largest absolute Gasteiger partial charge is 0.311 e. The summed E-state index contributed by atoms with van der Waals surface area (Å²) in [6.45, 7) is 1.15. The SMILES string of the molecule is Clc1ccc(/C=C/C2CCCCCCN2)cc1. The molecule has 0 saturated carbocycles. The van der Waals surface area contributed by atoms with Crippen LogP contribution in [0.5, 0.6) is 0 Å². The van der Waals surface area contributed by atoms with Gasteiger partial charge in [-0.1, -0.05) is 55.1 Å². The second-order valence-electron chi connectivity index (χ2n) is 4.67. The van der Waals surface area contributed by atoms with Crippen molar-refractivity contribution >= 4 is 17.7 Å². The molecule has 1 atom stereocenters. The molecule has 1 N–H and O–H groups in total. The van der Waals surface area contributed by atoms with Crippen molar-refractivity contribution in [1.29, 1.82) is 0 Å². The van der Waals surface area contributed by atoms with E-state index in [1.807, 2.05) is 12.1 Å². The highest BCUT2D eigenvalue weighted by atomic mass is 35.5. The molecule has 1 aromatic carbocycles. The molecule has 2 heteroatoms. The summed E-state index contributed by atoms with van der Waals surface area (Å²) in [5.74, 6) is 0. The van der Waals surface area contributed by atoms with Gasteiger partial charge in [0, 0.05) is 11.1 Å². The lowest BCUT2D eigenvalue weighted by Crippen LogP contribution is -2.29. The Morgan fingerprint density at radius 3 is 2.65 bits per heavy atom. The lowest BCUT2D eigenvalue weighted by atomic mass is 10.0. The highest BCUT2D eigenvalue weighted by Gasteiger charge is 2.06. The zero-order valence-electron chi connectivity index (χ0n) is 10.2. The molecule has 92 valence electrons. The Hall–Kier alpha value is -0.790. The summed E-state index contributed by atoms with van der Waals surface area (Å²) in [7, 11) is 0. The van der Waals surface area contributed by atoms with Gasteiger partial charge < -0.3 is 5.32 Å². The van der Waals surface area contributed by atoms with Gasteiger partial charge in [0.2, 0.25) is 0 Å². The number of hydrogen-bond acceptors (Lipinski definition) is 1. The molecular weight excluding hydrogens is 230 g/mol. The molecule has 1 fully saturated rings. The summed E-state index contributed by atoms with van der Waals surface area (Å²) >= 11 is 5.86. The Labute approximate surface area is 109 Å². The molecule has 0 bridgehead atoms. The minimum absolute atomic E-state index is 0.533. The maximum absolute atomic E-state index is 5.86. The van der Waals surface area contributed by atoms with Crippen molar-refractivity contribution in [3.05, 3.63) is 40.9 Å². The van der Waals surface area contributed by atoms with Gasteiger partial charge in [0.15, 0.2) is 0 Å². The maximum atomic E-state index is 5.86. The fourth-order valence-corrected chi connectivity index (χ4v) is 2.32. The van der Waals surface area contributed by atoms with Crippen LogP contribution in [0.1, 0.15) is 37.7 Å². The maximum Gasteiger partial charge on any atom is 0.0406 e. The number of benzene rings is 1. The van der Waals surface area contributed by atoms with Crippen molar-refractivity contribution in [2.75, 3.05) is 6.54 Å².